The van der Waals surface area contributed by atoms with Gasteiger partial charge in [0.25, 0.3) is 5.91 Å². The molecule has 0 saturated carbocycles. The Morgan fingerprint density at radius 3 is 2.68 bits per heavy atom. The van der Waals surface area contributed by atoms with Gasteiger partial charge in [-0.25, -0.2) is 13.6 Å². The molecule has 0 radical (unpaired) electrons. The number of hydrogen-bond donors (Lipinski definition) is 1. The SMILES string of the molecule is CCOC(=O)CN1C(=O)N[C@@](C)(c2cc(F)ccc2F)C1=O. The lowest BCUT2D eigenvalue weighted by Gasteiger charge is -2.22. The number of halogens is 2. The van der Waals surface area contributed by atoms with Crippen molar-refractivity contribution in [3.8, 4) is 0 Å². The first-order valence-electron chi connectivity index (χ1n) is 6.55. The van der Waals surface area contributed by atoms with Gasteiger partial charge < -0.3 is 10.1 Å². The fourth-order valence-electron chi connectivity index (χ4n) is 2.24. The minimum absolute atomic E-state index is 0.0955. The molecule has 0 aliphatic carbocycles. The maximum absolute atomic E-state index is 13.9. The molecule has 1 heterocycles. The molecule has 3 amide bonds. The van der Waals surface area contributed by atoms with Gasteiger partial charge in [-0.3, -0.25) is 14.5 Å². The number of urea groups is 1. The van der Waals surface area contributed by atoms with E-state index >= 15 is 0 Å². The molecule has 0 spiro atoms. The highest BCUT2D eigenvalue weighted by molar-refractivity contribution is 6.08. The number of carbonyl (C=O) groups excluding carboxylic acids is 3. The van der Waals surface area contributed by atoms with Gasteiger partial charge in [0.1, 0.15) is 23.7 Å². The summed E-state index contributed by atoms with van der Waals surface area (Å²) in [6.07, 6.45) is 0. The second kappa shape index (κ2) is 5.70. The number of ether oxygens (including phenoxy) is 1. The third-order valence-electron chi connectivity index (χ3n) is 3.33. The van der Waals surface area contributed by atoms with Crippen molar-refractivity contribution in [3.63, 3.8) is 0 Å². The smallest absolute Gasteiger partial charge is 0.326 e. The zero-order valence-corrected chi connectivity index (χ0v) is 12.0. The average Bonchev–Trinajstić information content (AvgIpc) is 2.66. The first kappa shape index (κ1) is 15.9. The number of carbonyl (C=O) groups is 3. The molecule has 1 aromatic carbocycles. The number of amides is 3. The van der Waals surface area contributed by atoms with Gasteiger partial charge in [0.15, 0.2) is 0 Å². The van der Waals surface area contributed by atoms with E-state index in [1.54, 1.807) is 6.92 Å². The summed E-state index contributed by atoms with van der Waals surface area (Å²) in [7, 11) is 0. The largest absolute Gasteiger partial charge is 0.465 e. The van der Waals surface area contributed by atoms with Gasteiger partial charge in [0, 0.05) is 5.56 Å². The Kier molecular flexibility index (Phi) is 4.11. The zero-order chi connectivity index (χ0) is 16.5. The molecule has 1 fully saturated rings. The van der Waals surface area contributed by atoms with Crippen LogP contribution < -0.4 is 5.32 Å². The highest BCUT2D eigenvalue weighted by atomic mass is 19.1. The highest BCUT2D eigenvalue weighted by Crippen LogP contribution is 2.31. The van der Waals surface area contributed by atoms with Crippen LogP contribution in [0.2, 0.25) is 0 Å². The highest BCUT2D eigenvalue weighted by Gasteiger charge is 2.51. The molecule has 22 heavy (non-hydrogen) atoms. The Morgan fingerprint density at radius 2 is 2.05 bits per heavy atom. The Balaban J connectivity index is 2.33. The number of hydrogen-bond acceptors (Lipinski definition) is 4. The zero-order valence-electron chi connectivity index (χ0n) is 12.0. The summed E-state index contributed by atoms with van der Waals surface area (Å²) in [5.74, 6) is -3.20. The van der Waals surface area contributed by atoms with Crippen LogP contribution in [0.1, 0.15) is 19.4 Å². The molecule has 8 heteroatoms. The van der Waals surface area contributed by atoms with Crippen molar-refractivity contribution >= 4 is 17.9 Å². The van der Waals surface area contributed by atoms with Crippen LogP contribution in [0.4, 0.5) is 13.6 Å². The fraction of sp³-hybridized carbons (Fsp3) is 0.357. The maximum Gasteiger partial charge on any atom is 0.326 e. The molecule has 0 bridgehead atoms. The van der Waals surface area contributed by atoms with Crippen LogP contribution in [-0.2, 0) is 19.9 Å². The van der Waals surface area contributed by atoms with E-state index in [-0.39, 0.29) is 12.2 Å². The van der Waals surface area contributed by atoms with Crippen LogP contribution in [0, 0.1) is 11.6 Å². The van der Waals surface area contributed by atoms with E-state index in [1.165, 1.54) is 6.92 Å². The summed E-state index contributed by atoms with van der Waals surface area (Å²) in [6.45, 7) is 2.33. The average molecular weight is 312 g/mol. The Labute approximate surface area is 125 Å². The van der Waals surface area contributed by atoms with E-state index < -0.39 is 41.6 Å². The van der Waals surface area contributed by atoms with Crippen LogP contribution in [0.3, 0.4) is 0 Å². The van der Waals surface area contributed by atoms with Crippen molar-refractivity contribution in [2.24, 2.45) is 0 Å². The van der Waals surface area contributed by atoms with E-state index in [0.717, 1.165) is 18.2 Å². The van der Waals surface area contributed by atoms with Crippen LogP contribution in [0.5, 0.6) is 0 Å². The molecule has 1 aromatic rings. The van der Waals surface area contributed by atoms with Crippen LogP contribution in [0.15, 0.2) is 18.2 Å². The van der Waals surface area contributed by atoms with Gasteiger partial charge in [0.2, 0.25) is 0 Å². The van der Waals surface area contributed by atoms with Gasteiger partial charge in [-0.05, 0) is 32.0 Å². The van der Waals surface area contributed by atoms with Crippen LogP contribution >= 0.6 is 0 Å². The first-order valence-corrected chi connectivity index (χ1v) is 6.55. The lowest BCUT2D eigenvalue weighted by atomic mass is 9.91. The molecule has 1 aliphatic heterocycles. The molecule has 2 rings (SSSR count). The number of esters is 1. The van der Waals surface area contributed by atoms with E-state index in [4.69, 9.17) is 0 Å². The van der Waals surface area contributed by atoms with Crippen molar-refractivity contribution in [1.82, 2.24) is 10.2 Å². The molecular formula is C14H14F2N2O4. The van der Waals surface area contributed by atoms with E-state index in [0.29, 0.717) is 4.90 Å². The van der Waals surface area contributed by atoms with Gasteiger partial charge in [-0.2, -0.15) is 0 Å². The molecule has 1 aliphatic rings. The fourth-order valence-corrected chi connectivity index (χ4v) is 2.24. The summed E-state index contributed by atoms with van der Waals surface area (Å²) in [5.41, 5.74) is -2.09. The Hall–Kier alpha value is -2.51. The number of rotatable bonds is 4. The van der Waals surface area contributed by atoms with E-state index in [9.17, 15) is 23.2 Å². The molecule has 6 nitrogen and oxygen atoms in total. The van der Waals surface area contributed by atoms with E-state index in [1.807, 2.05) is 0 Å². The Bertz CT molecular complexity index is 650. The van der Waals surface area contributed by atoms with Crippen LogP contribution in [-0.4, -0.2) is 36.0 Å². The topological polar surface area (TPSA) is 75.7 Å². The summed E-state index contributed by atoms with van der Waals surface area (Å²) < 4.78 is 31.9. The molecular weight excluding hydrogens is 298 g/mol. The lowest BCUT2D eigenvalue weighted by Crippen LogP contribution is -2.42. The monoisotopic (exact) mass is 312 g/mol. The van der Waals surface area contributed by atoms with Crippen molar-refractivity contribution in [2.45, 2.75) is 19.4 Å². The van der Waals surface area contributed by atoms with Crippen molar-refractivity contribution < 1.29 is 27.9 Å². The normalized spacial score (nSPS) is 21.0. The molecule has 1 saturated heterocycles. The standard InChI is InChI=1S/C14H14F2N2O4/c1-3-22-11(19)7-18-12(20)14(2,17-13(18)21)9-6-8(15)4-5-10(9)16/h4-6H,3,7H2,1-2H3,(H,17,21)/t14-/m0/s1. The lowest BCUT2D eigenvalue weighted by molar-refractivity contribution is -0.147. The first-order chi connectivity index (χ1) is 10.3. The minimum Gasteiger partial charge on any atom is -0.465 e. The van der Waals surface area contributed by atoms with Gasteiger partial charge in [-0.15, -0.1) is 0 Å². The van der Waals surface area contributed by atoms with Gasteiger partial charge in [0.05, 0.1) is 6.61 Å². The summed E-state index contributed by atoms with van der Waals surface area (Å²) in [5, 5.41) is 2.28. The molecule has 1 atom stereocenters. The molecule has 0 aromatic heterocycles. The molecule has 1 N–H and O–H groups in total. The maximum atomic E-state index is 13.9. The van der Waals surface area contributed by atoms with Gasteiger partial charge in [-0.1, -0.05) is 0 Å². The van der Waals surface area contributed by atoms with E-state index in [2.05, 4.69) is 10.1 Å². The number of nitrogens with one attached hydrogen (secondary N) is 1. The summed E-state index contributed by atoms with van der Waals surface area (Å²) in [4.78, 5) is 36.3. The Morgan fingerprint density at radius 1 is 1.36 bits per heavy atom. The van der Waals surface area contributed by atoms with Gasteiger partial charge >= 0.3 is 12.0 Å². The summed E-state index contributed by atoms with van der Waals surface area (Å²) >= 11 is 0. The quantitative estimate of drug-likeness (QED) is 0.671. The number of imide groups is 1. The van der Waals surface area contributed by atoms with Crippen molar-refractivity contribution in [3.05, 3.63) is 35.4 Å². The second-order valence-corrected chi connectivity index (χ2v) is 4.88. The third-order valence-corrected chi connectivity index (χ3v) is 3.33. The minimum atomic E-state index is -1.78. The van der Waals surface area contributed by atoms with Crippen molar-refractivity contribution in [2.75, 3.05) is 13.2 Å². The molecule has 0 unspecified atom stereocenters. The predicted octanol–water partition coefficient (Wildman–Crippen LogP) is 1.29. The summed E-state index contributed by atoms with van der Waals surface area (Å²) in [6, 6.07) is 1.73. The number of benzene rings is 1. The number of nitrogens with zero attached hydrogens (tertiary/aromatic N) is 1. The van der Waals surface area contributed by atoms with Crippen molar-refractivity contribution in [1.29, 1.82) is 0 Å². The van der Waals surface area contributed by atoms with Crippen LogP contribution in [0.25, 0.3) is 0 Å². The predicted molar refractivity (Wildman–Crippen MR) is 70.6 cm³/mol. The third kappa shape index (κ3) is 2.63. The molecule has 118 valence electrons. The second-order valence-electron chi connectivity index (χ2n) is 4.88.